The summed E-state index contributed by atoms with van der Waals surface area (Å²) in [6, 6.07) is 6.29. The van der Waals surface area contributed by atoms with Crippen LogP contribution in [0.25, 0.3) is 0 Å². The van der Waals surface area contributed by atoms with Gasteiger partial charge in [0.1, 0.15) is 12.7 Å². The minimum Gasteiger partial charge on any atom is -0.453 e. The van der Waals surface area contributed by atoms with Crippen LogP contribution in [0.15, 0.2) is 24.3 Å². The molecular formula is C16H21F2NO3. The summed E-state index contributed by atoms with van der Waals surface area (Å²) >= 11 is 0. The van der Waals surface area contributed by atoms with Crippen LogP contribution in [0.2, 0.25) is 0 Å². The summed E-state index contributed by atoms with van der Waals surface area (Å²) in [5, 5.41) is 0. The monoisotopic (exact) mass is 313 g/mol. The average Bonchev–Trinajstić information content (AvgIpc) is 2.45. The van der Waals surface area contributed by atoms with Crippen LogP contribution in [0, 0.1) is 0 Å². The molecule has 122 valence electrons. The molecule has 1 heterocycles. The fourth-order valence-corrected chi connectivity index (χ4v) is 2.53. The van der Waals surface area contributed by atoms with Gasteiger partial charge in [-0.05, 0) is 26.3 Å². The van der Waals surface area contributed by atoms with Crippen molar-refractivity contribution in [3.05, 3.63) is 35.4 Å². The second kappa shape index (κ2) is 5.83. The van der Waals surface area contributed by atoms with Crippen molar-refractivity contribution >= 4 is 6.09 Å². The summed E-state index contributed by atoms with van der Waals surface area (Å²) in [6.07, 6.45) is -1.11. The maximum Gasteiger partial charge on any atom is 0.410 e. The normalized spacial score (nSPS) is 20.2. The number of hydrogen-bond donors (Lipinski definition) is 0. The van der Waals surface area contributed by atoms with E-state index in [9.17, 15) is 13.6 Å². The van der Waals surface area contributed by atoms with Gasteiger partial charge in [-0.3, -0.25) is 0 Å². The van der Waals surface area contributed by atoms with Gasteiger partial charge in [-0.15, -0.1) is 0 Å². The summed E-state index contributed by atoms with van der Waals surface area (Å²) in [4.78, 5) is 13.5. The standard InChI is InChI=1S/C16H21F2NO3/c1-15(2,3)19(14(20)21-4)9-13-11-7-5-6-8-12(11)16(17,18)10-22-13/h5-8,13H,9-10H2,1-4H3. The van der Waals surface area contributed by atoms with E-state index >= 15 is 0 Å². The molecule has 1 atom stereocenters. The number of nitrogens with zero attached hydrogens (tertiary/aromatic N) is 1. The summed E-state index contributed by atoms with van der Waals surface area (Å²) in [6.45, 7) is 5.03. The number of ether oxygens (including phenoxy) is 2. The molecule has 2 rings (SSSR count). The minimum absolute atomic E-state index is 0.0371. The first kappa shape index (κ1) is 16.7. The smallest absolute Gasteiger partial charge is 0.410 e. The number of amides is 1. The fourth-order valence-electron chi connectivity index (χ4n) is 2.53. The van der Waals surface area contributed by atoms with Crippen LogP contribution in [-0.4, -0.2) is 36.8 Å². The van der Waals surface area contributed by atoms with Gasteiger partial charge < -0.3 is 14.4 Å². The van der Waals surface area contributed by atoms with Gasteiger partial charge in [0.25, 0.3) is 5.92 Å². The zero-order valence-electron chi connectivity index (χ0n) is 13.2. The molecule has 4 nitrogen and oxygen atoms in total. The Morgan fingerprint density at radius 3 is 2.64 bits per heavy atom. The van der Waals surface area contributed by atoms with Gasteiger partial charge >= 0.3 is 6.09 Å². The molecule has 6 heteroatoms. The lowest BCUT2D eigenvalue weighted by Crippen LogP contribution is -2.49. The van der Waals surface area contributed by atoms with Crippen molar-refractivity contribution in [2.75, 3.05) is 20.3 Å². The zero-order valence-corrected chi connectivity index (χ0v) is 13.2. The third kappa shape index (κ3) is 3.21. The van der Waals surface area contributed by atoms with Crippen LogP contribution in [0.5, 0.6) is 0 Å². The van der Waals surface area contributed by atoms with Crippen molar-refractivity contribution < 1.29 is 23.0 Å². The molecule has 0 aliphatic carbocycles. The van der Waals surface area contributed by atoms with E-state index in [4.69, 9.17) is 9.47 Å². The predicted molar refractivity (Wildman–Crippen MR) is 77.9 cm³/mol. The molecule has 1 aromatic rings. The lowest BCUT2D eigenvalue weighted by atomic mass is 9.94. The number of fused-ring (bicyclic) bond motifs is 1. The van der Waals surface area contributed by atoms with E-state index in [1.54, 1.807) is 18.2 Å². The number of hydrogen-bond acceptors (Lipinski definition) is 3. The Labute approximate surface area is 129 Å². The first-order chi connectivity index (χ1) is 10.2. The van der Waals surface area contributed by atoms with E-state index in [0.717, 1.165) is 0 Å². The molecule has 0 saturated heterocycles. The van der Waals surface area contributed by atoms with E-state index < -0.39 is 30.3 Å². The number of carbonyl (C=O) groups excluding carboxylic acids is 1. The zero-order chi connectivity index (χ0) is 16.5. The minimum atomic E-state index is -3.01. The Kier molecular flexibility index (Phi) is 4.42. The fraction of sp³-hybridized carbons (Fsp3) is 0.562. The van der Waals surface area contributed by atoms with Gasteiger partial charge in [0.05, 0.1) is 13.7 Å². The predicted octanol–water partition coefficient (Wildman–Crippen LogP) is 3.72. The quantitative estimate of drug-likeness (QED) is 0.835. The van der Waals surface area contributed by atoms with E-state index in [1.165, 1.54) is 18.1 Å². The van der Waals surface area contributed by atoms with Crippen LogP contribution in [0.4, 0.5) is 13.6 Å². The van der Waals surface area contributed by atoms with Crippen molar-refractivity contribution in [2.24, 2.45) is 0 Å². The Balaban J connectivity index is 2.32. The van der Waals surface area contributed by atoms with Crippen LogP contribution in [0.1, 0.15) is 38.0 Å². The molecule has 0 N–H and O–H groups in total. The topological polar surface area (TPSA) is 38.8 Å². The van der Waals surface area contributed by atoms with Gasteiger partial charge in [0.15, 0.2) is 0 Å². The number of halogens is 2. The molecule has 0 fully saturated rings. The maximum atomic E-state index is 13.9. The van der Waals surface area contributed by atoms with Crippen LogP contribution >= 0.6 is 0 Å². The molecule has 22 heavy (non-hydrogen) atoms. The third-order valence-corrected chi connectivity index (χ3v) is 3.72. The summed E-state index contributed by atoms with van der Waals surface area (Å²) in [7, 11) is 1.30. The van der Waals surface area contributed by atoms with E-state index in [1.807, 2.05) is 20.8 Å². The van der Waals surface area contributed by atoms with Crippen molar-refractivity contribution in [2.45, 2.75) is 38.3 Å². The highest BCUT2D eigenvalue weighted by molar-refractivity contribution is 5.68. The van der Waals surface area contributed by atoms with Gasteiger partial charge in [0, 0.05) is 11.1 Å². The van der Waals surface area contributed by atoms with Gasteiger partial charge in [0.2, 0.25) is 0 Å². The highest BCUT2D eigenvalue weighted by Crippen LogP contribution is 2.40. The summed E-state index contributed by atoms with van der Waals surface area (Å²) in [5.41, 5.74) is -0.132. The van der Waals surface area contributed by atoms with Gasteiger partial charge in [-0.1, -0.05) is 24.3 Å². The molecule has 1 amide bonds. The van der Waals surface area contributed by atoms with E-state index in [2.05, 4.69) is 0 Å². The SMILES string of the molecule is COC(=O)N(CC1OCC(F)(F)c2ccccc21)C(C)(C)C. The van der Waals surface area contributed by atoms with Crippen molar-refractivity contribution in [1.29, 1.82) is 0 Å². The number of carbonyl (C=O) groups is 1. The first-order valence-corrected chi connectivity index (χ1v) is 7.11. The Hall–Kier alpha value is -1.69. The molecule has 1 aliphatic heterocycles. The number of methoxy groups -OCH3 is 1. The van der Waals surface area contributed by atoms with Crippen LogP contribution < -0.4 is 0 Å². The number of alkyl halides is 2. The molecule has 1 unspecified atom stereocenters. The molecule has 0 saturated carbocycles. The lowest BCUT2D eigenvalue weighted by molar-refractivity contribution is -0.130. The second-order valence-corrected chi connectivity index (χ2v) is 6.34. The Bertz CT molecular complexity index is 555. The molecule has 1 aliphatic rings. The summed E-state index contributed by atoms with van der Waals surface area (Å²) in [5.74, 6) is -3.01. The van der Waals surface area contributed by atoms with Gasteiger partial charge in [-0.25, -0.2) is 4.79 Å². The first-order valence-electron chi connectivity index (χ1n) is 7.11. The van der Waals surface area contributed by atoms with Crippen LogP contribution in [0.3, 0.4) is 0 Å². The van der Waals surface area contributed by atoms with Gasteiger partial charge in [-0.2, -0.15) is 8.78 Å². The molecule has 0 radical (unpaired) electrons. The molecule has 0 bridgehead atoms. The number of benzene rings is 1. The average molecular weight is 313 g/mol. The molecular weight excluding hydrogens is 292 g/mol. The largest absolute Gasteiger partial charge is 0.453 e. The maximum absolute atomic E-state index is 13.9. The molecule has 1 aromatic carbocycles. The highest BCUT2D eigenvalue weighted by Gasteiger charge is 2.42. The second-order valence-electron chi connectivity index (χ2n) is 6.34. The Morgan fingerprint density at radius 2 is 2.05 bits per heavy atom. The lowest BCUT2D eigenvalue weighted by Gasteiger charge is -2.39. The summed E-state index contributed by atoms with van der Waals surface area (Å²) < 4.78 is 38.0. The highest BCUT2D eigenvalue weighted by atomic mass is 19.3. The molecule has 0 aromatic heterocycles. The number of rotatable bonds is 2. The van der Waals surface area contributed by atoms with Crippen LogP contribution in [-0.2, 0) is 15.4 Å². The van der Waals surface area contributed by atoms with E-state index in [-0.39, 0.29) is 12.1 Å². The van der Waals surface area contributed by atoms with Crippen molar-refractivity contribution in [3.8, 4) is 0 Å². The Morgan fingerprint density at radius 1 is 1.41 bits per heavy atom. The van der Waals surface area contributed by atoms with E-state index in [0.29, 0.717) is 5.56 Å². The molecule has 0 spiro atoms. The van der Waals surface area contributed by atoms with Crippen molar-refractivity contribution in [3.63, 3.8) is 0 Å². The van der Waals surface area contributed by atoms with Crippen molar-refractivity contribution in [1.82, 2.24) is 4.90 Å². The third-order valence-electron chi connectivity index (χ3n) is 3.72.